The van der Waals surface area contributed by atoms with Crippen LogP contribution in [-0.4, -0.2) is 13.2 Å². The Balaban J connectivity index is 1.86. The Morgan fingerprint density at radius 2 is 2.21 bits per heavy atom. The topological polar surface area (TPSA) is 21.3 Å². The number of hydrogen-bond acceptors (Lipinski definition) is 3. The smallest absolute Gasteiger partial charge is 0.133 e. The van der Waals surface area contributed by atoms with Crippen LogP contribution >= 0.6 is 27.3 Å². The summed E-state index contributed by atoms with van der Waals surface area (Å²) in [6.45, 7) is 3.09. The minimum Gasteiger partial charge on any atom is -0.496 e. The van der Waals surface area contributed by atoms with E-state index in [2.05, 4.69) is 57.8 Å². The Hall–Kier alpha value is -0.840. The third-order valence-corrected chi connectivity index (χ3v) is 4.48. The number of benzene rings is 1. The molecule has 0 bridgehead atoms. The summed E-state index contributed by atoms with van der Waals surface area (Å²) in [6, 6.07) is 10.9. The van der Waals surface area contributed by atoms with E-state index < -0.39 is 0 Å². The molecule has 1 aromatic carbocycles. The fraction of sp³-hybridized carbons (Fsp3) is 0.333. The van der Waals surface area contributed by atoms with Crippen LogP contribution in [0, 0.1) is 0 Å². The summed E-state index contributed by atoms with van der Waals surface area (Å²) in [5.74, 6) is 0.871. The van der Waals surface area contributed by atoms with E-state index in [4.69, 9.17) is 4.74 Å². The standard InChI is InChI=1S/C15H18BrNOS/c1-11(8-13-4-3-7-19-13)17-10-12-5-6-15(18-2)14(16)9-12/h3-7,9,11,17H,8,10H2,1-2H3. The molecule has 1 unspecified atom stereocenters. The molecule has 0 aliphatic rings. The molecule has 2 rings (SSSR count). The van der Waals surface area contributed by atoms with E-state index in [0.717, 1.165) is 23.2 Å². The van der Waals surface area contributed by atoms with Gasteiger partial charge in [0.1, 0.15) is 5.75 Å². The third kappa shape index (κ3) is 4.34. The van der Waals surface area contributed by atoms with Crippen LogP contribution in [0.25, 0.3) is 0 Å². The van der Waals surface area contributed by atoms with Crippen LogP contribution in [0.4, 0.5) is 0 Å². The Labute approximate surface area is 126 Å². The summed E-state index contributed by atoms with van der Waals surface area (Å²) in [4.78, 5) is 1.43. The highest BCUT2D eigenvalue weighted by molar-refractivity contribution is 9.10. The molecule has 0 aliphatic carbocycles. The predicted octanol–water partition coefficient (Wildman–Crippen LogP) is 4.24. The highest BCUT2D eigenvalue weighted by Crippen LogP contribution is 2.25. The molecule has 102 valence electrons. The van der Waals surface area contributed by atoms with Crippen LogP contribution in [0.2, 0.25) is 0 Å². The molecule has 19 heavy (non-hydrogen) atoms. The normalized spacial score (nSPS) is 12.4. The Kier molecular flexibility index (Phi) is 5.43. The molecule has 0 fully saturated rings. The van der Waals surface area contributed by atoms with Gasteiger partial charge in [0.2, 0.25) is 0 Å². The highest BCUT2D eigenvalue weighted by Gasteiger charge is 2.05. The molecular formula is C15H18BrNOS. The molecule has 0 saturated carbocycles. The summed E-state index contributed by atoms with van der Waals surface area (Å²) in [5, 5.41) is 5.67. The van der Waals surface area contributed by atoms with Crippen LogP contribution in [0.1, 0.15) is 17.4 Å². The van der Waals surface area contributed by atoms with Gasteiger partial charge in [-0.1, -0.05) is 12.1 Å². The van der Waals surface area contributed by atoms with Crippen molar-refractivity contribution in [1.29, 1.82) is 0 Å². The van der Waals surface area contributed by atoms with Gasteiger partial charge in [-0.2, -0.15) is 0 Å². The van der Waals surface area contributed by atoms with Gasteiger partial charge in [-0.3, -0.25) is 0 Å². The van der Waals surface area contributed by atoms with Crippen molar-refractivity contribution in [3.8, 4) is 5.75 Å². The van der Waals surface area contributed by atoms with Gasteiger partial charge >= 0.3 is 0 Å². The lowest BCUT2D eigenvalue weighted by atomic mass is 10.1. The van der Waals surface area contributed by atoms with Crippen molar-refractivity contribution in [3.05, 3.63) is 50.6 Å². The first kappa shape index (κ1) is 14.6. The minimum absolute atomic E-state index is 0.472. The van der Waals surface area contributed by atoms with Crippen LogP contribution in [0.15, 0.2) is 40.2 Å². The zero-order valence-electron chi connectivity index (χ0n) is 11.2. The van der Waals surface area contributed by atoms with Gasteiger partial charge in [0.05, 0.1) is 11.6 Å². The number of hydrogen-bond donors (Lipinski definition) is 1. The first-order valence-electron chi connectivity index (χ1n) is 6.27. The van der Waals surface area contributed by atoms with Crippen molar-refractivity contribution >= 4 is 27.3 Å². The molecule has 0 saturated heterocycles. The van der Waals surface area contributed by atoms with Crippen LogP contribution in [0.5, 0.6) is 5.75 Å². The summed E-state index contributed by atoms with van der Waals surface area (Å²) in [6.07, 6.45) is 1.08. The maximum Gasteiger partial charge on any atom is 0.133 e. The summed E-state index contributed by atoms with van der Waals surface area (Å²) >= 11 is 5.33. The molecule has 1 atom stereocenters. The minimum atomic E-state index is 0.472. The molecule has 0 spiro atoms. The SMILES string of the molecule is COc1ccc(CNC(C)Cc2cccs2)cc1Br. The van der Waals surface area contributed by atoms with Crippen molar-refractivity contribution < 1.29 is 4.74 Å². The van der Waals surface area contributed by atoms with Crippen molar-refractivity contribution in [2.24, 2.45) is 0 Å². The fourth-order valence-corrected chi connectivity index (χ4v) is 3.34. The number of thiophene rings is 1. The quantitative estimate of drug-likeness (QED) is 0.849. The van der Waals surface area contributed by atoms with Crippen LogP contribution in [-0.2, 0) is 13.0 Å². The van der Waals surface area contributed by atoms with Gasteiger partial charge in [0.15, 0.2) is 0 Å². The number of ether oxygens (including phenoxy) is 1. The van der Waals surface area contributed by atoms with Gasteiger partial charge in [-0.15, -0.1) is 11.3 Å². The van der Waals surface area contributed by atoms with E-state index in [1.807, 2.05) is 17.4 Å². The van der Waals surface area contributed by atoms with Crippen molar-refractivity contribution in [2.45, 2.75) is 25.9 Å². The van der Waals surface area contributed by atoms with Crippen LogP contribution < -0.4 is 10.1 Å². The van der Waals surface area contributed by atoms with E-state index in [-0.39, 0.29) is 0 Å². The zero-order valence-corrected chi connectivity index (χ0v) is 13.6. The average molecular weight is 340 g/mol. The molecule has 2 aromatic rings. The second-order valence-electron chi connectivity index (χ2n) is 4.53. The summed E-state index contributed by atoms with van der Waals surface area (Å²) in [7, 11) is 1.68. The molecule has 2 nitrogen and oxygen atoms in total. The van der Waals surface area contributed by atoms with E-state index in [0.29, 0.717) is 6.04 Å². The lowest BCUT2D eigenvalue weighted by Crippen LogP contribution is -2.27. The van der Waals surface area contributed by atoms with Gasteiger partial charge < -0.3 is 10.1 Å². The zero-order chi connectivity index (χ0) is 13.7. The number of methoxy groups -OCH3 is 1. The molecule has 0 aliphatic heterocycles. The van der Waals surface area contributed by atoms with E-state index in [1.54, 1.807) is 7.11 Å². The second kappa shape index (κ2) is 7.08. The maximum absolute atomic E-state index is 5.23. The van der Waals surface area contributed by atoms with Gasteiger partial charge in [-0.25, -0.2) is 0 Å². The lowest BCUT2D eigenvalue weighted by Gasteiger charge is -2.13. The van der Waals surface area contributed by atoms with Crippen LogP contribution in [0.3, 0.4) is 0 Å². The summed E-state index contributed by atoms with van der Waals surface area (Å²) in [5.41, 5.74) is 1.26. The largest absolute Gasteiger partial charge is 0.496 e. The van der Waals surface area contributed by atoms with E-state index in [9.17, 15) is 0 Å². The predicted molar refractivity (Wildman–Crippen MR) is 85.0 cm³/mol. The molecule has 1 N–H and O–H groups in total. The van der Waals surface area contributed by atoms with E-state index in [1.165, 1.54) is 10.4 Å². The maximum atomic E-state index is 5.23. The van der Waals surface area contributed by atoms with Crippen molar-refractivity contribution in [3.63, 3.8) is 0 Å². The van der Waals surface area contributed by atoms with Gasteiger partial charge in [-0.05, 0) is 58.4 Å². The van der Waals surface area contributed by atoms with Gasteiger partial charge in [0, 0.05) is 17.5 Å². The Bertz CT molecular complexity index is 513. The Morgan fingerprint density at radius 3 is 2.84 bits per heavy atom. The van der Waals surface area contributed by atoms with Crippen molar-refractivity contribution in [1.82, 2.24) is 5.32 Å². The molecule has 1 aromatic heterocycles. The number of nitrogens with one attached hydrogen (secondary N) is 1. The summed E-state index contributed by atoms with van der Waals surface area (Å²) < 4.78 is 6.23. The average Bonchev–Trinajstić information content (AvgIpc) is 2.89. The first-order valence-corrected chi connectivity index (χ1v) is 7.94. The molecular weight excluding hydrogens is 322 g/mol. The highest BCUT2D eigenvalue weighted by atomic mass is 79.9. The first-order chi connectivity index (χ1) is 9.19. The second-order valence-corrected chi connectivity index (χ2v) is 6.42. The monoisotopic (exact) mass is 339 g/mol. The Morgan fingerprint density at radius 1 is 1.37 bits per heavy atom. The number of rotatable bonds is 6. The van der Waals surface area contributed by atoms with Crippen molar-refractivity contribution in [2.75, 3.05) is 7.11 Å². The van der Waals surface area contributed by atoms with E-state index >= 15 is 0 Å². The third-order valence-electron chi connectivity index (χ3n) is 2.96. The van der Waals surface area contributed by atoms with Gasteiger partial charge in [0.25, 0.3) is 0 Å². The molecule has 0 radical (unpaired) electrons. The number of halogens is 1. The lowest BCUT2D eigenvalue weighted by molar-refractivity contribution is 0.412. The molecule has 4 heteroatoms. The fourth-order valence-electron chi connectivity index (χ4n) is 1.91. The molecule has 1 heterocycles. The molecule has 0 amide bonds.